The van der Waals surface area contributed by atoms with Crippen LogP contribution in [-0.4, -0.2) is 147 Å². The Morgan fingerprint density at radius 1 is 0.947 bits per heavy atom. The molecule has 1 aliphatic carbocycles. The Bertz CT molecular complexity index is 768. The lowest BCUT2D eigenvalue weighted by Gasteiger charge is -2.48. The zero-order valence-electron chi connectivity index (χ0n) is 21.1. The van der Waals surface area contributed by atoms with Gasteiger partial charge in [0.25, 0.3) is 0 Å². The number of rotatable bonds is 10. The largest absolute Gasteiger partial charge is 0.394 e. The van der Waals surface area contributed by atoms with Crippen LogP contribution >= 0.6 is 0 Å². The van der Waals surface area contributed by atoms with Crippen LogP contribution in [0.15, 0.2) is 0 Å². The smallest absolute Gasteiger partial charge is 0.249 e. The van der Waals surface area contributed by atoms with Gasteiger partial charge in [-0.1, -0.05) is 6.92 Å². The number of amides is 1. The van der Waals surface area contributed by atoms with E-state index < -0.39 is 104 Å². The van der Waals surface area contributed by atoms with Crippen molar-refractivity contribution in [3.63, 3.8) is 0 Å². The van der Waals surface area contributed by atoms with E-state index in [1.54, 1.807) is 6.92 Å². The molecule has 3 fully saturated rings. The van der Waals surface area contributed by atoms with Crippen molar-refractivity contribution in [2.45, 2.75) is 105 Å². The van der Waals surface area contributed by atoms with Crippen LogP contribution in [0.5, 0.6) is 0 Å². The van der Waals surface area contributed by atoms with E-state index in [1.807, 2.05) is 0 Å². The standard InChI is InChI=1S/C22H42N4O12/c1-7-4-8(26-20(34)9(28)2-3-23)13(29)19(38-22-17(33)14(30)10(5-24)35-22)18(7)37-21-12(25)16(32)15(31)11(6-27)36-21/h7-19,21-22,27-33H,2-6,23-25H2,1H3,(H,26,34)/t7?,8-,9+,10-,11?,12?,13-,14?,15-,16-,17+,18-,19?,21-,22+/m1/s1. The highest BCUT2D eigenvalue weighted by atomic mass is 16.7. The molecule has 0 radical (unpaired) electrons. The van der Waals surface area contributed by atoms with Gasteiger partial charge in [0.15, 0.2) is 12.6 Å². The predicted molar refractivity (Wildman–Crippen MR) is 127 cm³/mol. The van der Waals surface area contributed by atoms with Gasteiger partial charge < -0.3 is 77.2 Å². The summed E-state index contributed by atoms with van der Waals surface area (Å²) in [5.41, 5.74) is 17.0. The van der Waals surface area contributed by atoms with E-state index in [9.17, 15) is 40.5 Å². The number of nitrogens with two attached hydrogens (primary N) is 3. The molecule has 0 bridgehead atoms. The molecule has 2 heterocycles. The number of carbonyl (C=O) groups is 1. The van der Waals surface area contributed by atoms with Gasteiger partial charge in [-0.15, -0.1) is 0 Å². The molecule has 2 saturated heterocycles. The van der Waals surface area contributed by atoms with Crippen molar-refractivity contribution in [1.29, 1.82) is 0 Å². The lowest BCUT2D eigenvalue weighted by Crippen LogP contribution is -2.66. The summed E-state index contributed by atoms with van der Waals surface area (Å²) in [5, 5.41) is 74.4. The first-order chi connectivity index (χ1) is 17.9. The lowest BCUT2D eigenvalue weighted by molar-refractivity contribution is -0.315. The van der Waals surface area contributed by atoms with E-state index in [-0.39, 0.29) is 25.9 Å². The molecule has 3 rings (SSSR count). The Hall–Kier alpha value is -1.09. The normalized spacial score (nSPS) is 46.6. The second kappa shape index (κ2) is 13.5. The number of aliphatic hydroxyl groups excluding tert-OH is 7. The Labute approximate surface area is 219 Å². The Morgan fingerprint density at radius 3 is 2.13 bits per heavy atom. The van der Waals surface area contributed by atoms with Crippen LogP contribution in [0.4, 0.5) is 0 Å². The van der Waals surface area contributed by atoms with E-state index in [2.05, 4.69) is 5.32 Å². The topological polar surface area (TPSA) is 286 Å². The molecular formula is C22H42N4O12. The van der Waals surface area contributed by atoms with Crippen molar-refractivity contribution < 1.29 is 59.5 Å². The third kappa shape index (κ3) is 6.61. The van der Waals surface area contributed by atoms with Crippen LogP contribution < -0.4 is 22.5 Å². The Morgan fingerprint density at radius 2 is 1.55 bits per heavy atom. The van der Waals surface area contributed by atoms with E-state index in [0.717, 1.165) is 0 Å². The molecule has 1 saturated carbocycles. The average Bonchev–Trinajstić information content (AvgIpc) is 3.16. The quantitative estimate of drug-likeness (QED) is 0.120. The summed E-state index contributed by atoms with van der Waals surface area (Å²) in [6.45, 7) is 1.04. The van der Waals surface area contributed by atoms with Gasteiger partial charge in [-0.2, -0.15) is 0 Å². The van der Waals surface area contributed by atoms with Crippen molar-refractivity contribution in [2.75, 3.05) is 19.7 Å². The molecule has 1 amide bonds. The maximum atomic E-state index is 12.4. The van der Waals surface area contributed by atoms with E-state index in [4.69, 9.17) is 36.1 Å². The maximum Gasteiger partial charge on any atom is 0.249 e. The van der Waals surface area contributed by atoms with Gasteiger partial charge in [-0.05, 0) is 25.3 Å². The third-order valence-corrected chi connectivity index (χ3v) is 7.39. The van der Waals surface area contributed by atoms with Crippen LogP contribution in [0.1, 0.15) is 19.8 Å². The Kier molecular flexibility index (Phi) is 11.2. The molecule has 5 unspecified atom stereocenters. The third-order valence-electron chi connectivity index (χ3n) is 7.39. The fourth-order valence-corrected chi connectivity index (χ4v) is 5.06. The summed E-state index contributed by atoms with van der Waals surface area (Å²) >= 11 is 0. The van der Waals surface area contributed by atoms with E-state index >= 15 is 0 Å². The molecule has 3 aliphatic rings. The molecule has 15 atom stereocenters. The minimum Gasteiger partial charge on any atom is -0.394 e. The number of aliphatic hydroxyl groups is 7. The van der Waals surface area contributed by atoms with Gasteiger partial charge in [0.05, 0.1) is 24.8 Å². The molecular weight excluding hydrogens is 512 g/mol. The predicted octanol–water partition coefficient (Wildman–Crippen LogP) is -6.48. The van der Waals surface area contributed by atoms with Gasteiger partial charge in [-0.3, -0.25) is 4.79 Å². The number of carbonyl (C=O) groups excluding carboxylic acids is 1. The van der Waals surface area contributed by atoms with Crippen LogP contribution in [0.2, 0.25) is 0 Å². The summed E-state index contributed by atoms with van der Waals surface area (Å²) in [6.07, 6.45) is -15.8. The highest BCUT2D eigenvalue weighted by molar-refractivity contribution is 5.80. The molecule has 0 aromatic rings. The van der Waals surface area contributed by atoms with Crippen molar-refractivity contribution in [3.8, 4) is 0 Å². The second-order valence-electron chi connectivity index (χ2n) is 10.2. The minimum atomic E-state index is -1.52. The zero-order chi connectivity index (χ0) is 28.3. The van der Waals surface area contributed by atoms with E-state index in [0.29, 0.717) is 0 Å². The monoisotopic (exact) mass is 554 g/mol. The molecule has 2 aliphatic heterocycles. The first kappa shape index (κ1) is 31.4. The lowest BCUT2D eigenvalue weighted by atomic mass is 9.79. The molecule has 0 spiro atoms. The Balaban J connectivity index is 1.84. The molecule has 222 valence electrons. The summed E-state index contributed by atoms with van der Waals surface area (Å²) in [6, 6.07) is -2.17. The molecule has 16 nitrogen and oxygen atoms in total. The number of nitrogens with one attached hydrogen (secondary N) is 1. The highest BCUT2D eigenvalue weighted by Crippen LogP contribution is 2.35. The van der Waals surface area contributed by atoms with Crippen molar-refractivity contribution in [3.05, 3.63) is 0 Å². The summed E-state index contributed by atoms with van der Waals surface area (Å²) in [5.74, 6) is -1.23. The minimum absolute atomic E-state index is 0.00739. The SMILES string of the molecule is CC1C[C@@H](NC(=O)[C@@H](O)CCN)[C@@H](O)C(O[C@@H]2O[C@H](CN)C(O)[C@@H]2O)[C@@H]1O[C@H]1OC(CO)[C@@H](O)[C@H](O)C1N. The maximum absolute atomic E-state index is 12.4. The van der Waals surface area contributed by atoms with Gasteiger partial charge in [-0.25, -0.2) is 0 Å². The number of hydrogen-bond acceptors (Lipinski definition) is 15. The average molecular weight is 555 g/mol. The van der Waals surface area contributed by atoms with Crippen LogP contribution in [-0.2, 0) is 23.7 Å². The molecule has 14 N–H and O–H groups in total. The molecule has 16 heteroatoms. The van der Waals surface area contributed by atoms with E-state index in [1.165, 1.54) is 0 Å². The number of ether oxygens (including phenoxy) is 4. The summed E-state index contributed by atoms with van der Waals surface area (Å²) in [7, 11) is 0. The molecule has 0 aromatic heterocycles. The second-order valence-corrected chi connectivity index (χ2v) is 10.2. The van der Waals surface area contributed by atoms with Gasteiger partial charge >= 0.3 is 0 Å². The number of hydrogen-bond donors (Lipinski definition) is 11. The first-order valence-corrected chi connectivity index (χ1v) is 12.7. The summed E-state index contributed by atoms with van der Waals surface area (Å²) in [4.78, 5) is 12.4. The van der Waals surface area contributed by atoms with Gasteiger partial charge in [0.1, 0.15) is 54.9 Å². The fourth-order valence-electron chi connectivity index (χ4n) is 5.06. The van der Waals surface area contributed by atoms with Crippen molar-refractivity contribution in [1.82, 2.24) is 5.32 Å². The fraction of sp³-hybridized carbons (Fsp3) is 0.955. The van der Waals surface area contributed by atoms with Crippen molar-refractivity contribution in [2.24, 2.45) is 23.1 Å². The van der Waals surface area contributed by atoms with Gasteiger partial charge in [0.2, 0.25) is 5.91 Å². The first-order valence-electron chi connectivity index (χ1n) is 12.7. The van der Waals surface area contributed by atoms with Gasteiger partial charge in [0, 0.05) is 6.54 Å². The van der Waals surface area contributed by atoms with Crippen LogP contribution in [0.25, 0.3) is 0 Å². The molecule has 38 heavy (non-hydrogen) atoms. The zero-order valence-corrected chi connectivity index (χ0v) is 21.1. The van der Waals surface area contributed by atoms with Crippen LogP contribution in [0.3, 0.4) is 0 Å². The van der Waals surface area contributed by atoms with Crippen LogP contribution in [0, 0.1) is 5.92 Å². The summed E-state index contributed by atoms with van der Waals surface area (Å²) < 4.78 is 23.0. The molecule has 0 aromatic carbocycles. The highest BCUT2D eigenvalue weighted by Gasteiger charge is 2.52. The van der Waals surface area contributed by atoms with Crippen molar-refractivity contribution >= 4 is 5.91 Å².